The zero-order valence-electron chi connectivity index (χ0n) is 14.3. The first kappa shape index (κ1) is 18.0. The van der Waals surface area contributed by atoms with Crippen LogP contribution in [0.25, 0.3) is 0 Å². The number of nitrogens with one attached hydrogen (secondary N) is 2. The predicted octanol–water partition coefficient (Wildman–Crippen LogP) is 1.89. The maximum Gasteiger partial charge on any atom is 0.282 e. The fourth-order valence-corrected chi connectivity index (χ4v) is 2.31. The molecule has 0 saturated heterocycles. The van der Waals surface area contributed by atoms with Gasteiger partial charge in [0.2, 0.25) is 6.79 Å². The summed E-state index contributed by atoms with van der Waals surface area (Å²) < 4.78 is 15.4. The Balaban J connectivity index is 1.58. The fraction of sp³-hybridized carbons (Fsp3) is 0.176. The number of rotatable bonds is 7. The number of amides is 1. The van der Waals surface area contributed by atoms with Crippen LogP contribution in [0, 0.1) is 10.1 Å². The van der Waals surface area contributed by atoms with Gasteiger partial charge in [0, 0.05) is 5.69 Å². The molecule has 1 aliphatic rings. The molecule has 2 aromatic rings. The van der Waals surface area contributed by atoms with E-state index in [4.69, 9.17) is 14.2 Å². The Morgan fingerprint density at radius 2 is 2.00 bits per heavy atom. The van der Waals surface area contributed by atoms with Crippen molar-refractivity contribution in [3.8, 4) is 17.2 Å². The number of nitro benzene ring substituents is 1. The summed E-state index contributed by atoms with van der Waals surface area (Å²) in [6, 6.07) is 9.76. The van der Waals surface area contributed by atoms with Gasteiger partial charge >= 0.3 is 0 Å². The highest BCUT2D eigenvalue weighted by atomic mass is 16.7. The molecule has 27 heavy (non-hydrogen) atoms. The average Bonchev–Trinajstić information content (AvgIpc) is 3.13. The van der Waals surface area contributed by atoms with Gasteiger partial charge in [-0.25, -0.2) is 5.43 Å². The molecule has 10 heteroatoms. The molecule has 0 saturated carbocycles. The summed E-state index contributed by atoms with van der Waals surface area (Å²) in [5.41, 5.74) is 3.03. The van der Waals surface area contributed by atoms with Gasteiger partial charge < -0.3 is 19.5 Å². The second-order valence-electron chi connectivity index (χ2n) is 5.40. The number of carbonyl (C=O) groups excluding carboxylic acids is 1. The van der Waals surface area contributed by atoms with E-state index >= 15 is 0 Å². The largest absolute Gasteiger partial charge is 0.497 e. The standard InChI is InChI=1S/C17H16N4O6/c1-25-13-4-2-12(3-5-13)18-9-17(22)20-19-8-11-6-15-16(27-10-26-15)7-14(11)21(23)24/h2-8,18H,9-10H2,1H3,(H,20,22)/b19-8+. The third-order valence-electron chi connectivity index (χ3n) is 3.65. The molecular weight excluding hydrogens is 356 g/mol. The van der Waals surface area contributed by atoms with Gasteiger partial charge in [0.1, 0.15) is 5.75 Å². The van der Waals surface area contributed by atoms with E-state index in [9.17, 15) is 14.9 Å². The van der Waals surface area contributed by atoms with Gasteiger partial charge in [0.15, 0.2) is 11.5 Å². The maximum absolute atomic E-state index is 11.8. The Hall–Kier alpha value is -3.82. The molecule has 0 unspecified atom stereocenters. The monoisotopic (exact) mass is 372 g/mol. The minimum Gasteiger partial charge on any atom is -0.497 e. The summed E-state index contributed by atoms with van der Waals surface area (Å²) in [6.45, 7) is -0.0201. The van der Waals surface area contributed by atoms with Crippen LogP contribution in [0.1, 0.15) is 5.56 Å². The topological polar surface area (TPSA) is 124 Å². The number of hydrazone groups is 1. The van der Waals surface area contributed by atoms with E-state index in [1.165, 1.54) is 18.3 Å². The molecule has 0 aromatic heterocycles. The summed E-state index contributed by atoms with van der Waals surface area (Å²) in [5, 5.41) is 17.9. The van der Waals surface area contributed by atoms with Crippen molar-refractivity contribution in [1.29, 1.82) is 0 Å². The zero-order valence-corrected chi connectivity index (χ0v) is 14.3. The van der Waals surface area contributed by atoms with Gasteiger partial charge in [-0.3, -0.25) is 14.9 Å². The van der Waals surface area contributed by atoms with E-state index in [0.717, 1.165) is 5.69 Å². The van der Waals surface area contributed by atoms with E-state index < -0.39 is 10.8 Å². The van der Waals surface area contributed by atoms with Crippen molar-refractivity contribution in [1.82, 2.24) is 5.43 Å². The number of methoxy groups -OCH3 is 1. The number of fused-ring (bicyclic) bond motifs is 1. The molecule has 140 valence electrons. The highest BCUT2D eigenvalue weighted by Crippen LogP contribution is 2.37. The molecule has 0 spiro atoms. The lowest BCUT2D eigenvalue weighted by molar-refractivity contribution is -0.385. The van der Waals surface area contributed by atoms with Gasteiger partial charge in [-0.15, -0.1) is 0 Å². The summed E-state index contributed by atoms with van der Waals surface area (Å²) in [6.07, 6.45) is 1.19. The normalized spacial score (nSPS) is 12.0. The third-order valence-corrected chi connectivity index (χ3v) is 3.65. The SMILES string of the molecule is COc1ccc(NCC(=O)N/N=C/c2cc3c(cc2[N+](=O)[O-])OCO3)cc1. The van der Waals surface area contributed by atoms with Crippen molar-refractivity contribution >= 4 is 23.5 Å². The molecule has 1 amide bonds. The number of anilines is 1. The van der Waals surface area contributed by atoms with Crippen molar-refractivity contribution in [3.63, 3.8) is 0 Å². The molecule has 2 N–H and O–H groups in total. The van der Waals surface area contributed by atoms with Crippen LogP contribution in [0.4, 0.5) is 11.4 Å². The van der Waals surface area contributed by atoms with Crippen LogP contribution in [0.5, 0.6) is 17.2 Å². The molecule has 0 aliphatic carbocycles. The zero-order chi connectivity index (χ0) is 19.2. The quantitative estimate of drug-likeness (QED) is 0.432. The van der Waals surface area contributed by atoms with Crippen molar-refractivity contribution in [2.24, 2.45) is 5.10 Å². The Morgan fingerprint density at radius 3 is 2.67 bits per heavy atom. The van der Waals surface area contributed by atoms with Crippen molar-refractivity contribution < 1.29 is 23.9 Å². The van der Waals surface area contributed by atoms with E-state index in [2.05, 4.69) is 15.8 Å². The van der Waals surface area contributed by atoms with Gasteiger partial charge in [-0.2, -0.15) is 5.10 Å². The van der Waals surface area contributed by atoms with E-state index in [-0.39, 0.29) is 24.6 Å². The van der Waals surface area contributed by atoms with Gasteiger partial charge in [0.05, 0.1) is 36.4 Å². The lowest BCUT2D eigenvalue weighted by atomic mass is 10.1. The number of nitro groups is 1. The minimum atomic E-state index is -0.559. The summed E-state index contributed by atoms with van der Waals surface area (Å²) in [4.78, 5) is 22.5. The van der Waals surface area contributed by atoms with Crippen LogP contribution in [0.15, 0.2) is 41.5 Å². The smallest absolute Gasteiger partial charge is 0.282 e. The lowest BCUT2D eigenvalue weighted by Gasteiger charge is -2.06. The minimum absolute atomic E-state index is 0.000843. The van der Waals surface area contributed by atoms with Crippen molar-refractivity contribution in [2.45, 2.75) is 0 Å². The average molecular weight is 372 g/mol. The molecular formula is C17H16N4O6. The Bertz CT molecular complexity index is 882. The highest BCUT2D eigenvalue weighted by molar-refractivity contribution is 5.88. The van der Waals surface area contributed by atoms with E-state index in [0.29, 0.717) is 17.2 Å². The van der Waals surface area contributed by atoms with Crippen molar-refractivity contribution in [2.75, 3.05) is 25.8 Å². The van der Waals surface area contributed by atoms with Crippen LogP contribution in [-0.4, -0.2) is 37.5 Å². The first-order valence-electron chi connectivity index (χ1n) is 7.84. The predicted molar refractivity (Wildman–Crippen MR) is 96.4 cm³/mol. The fourth-order valence-electron chi connectivity index (χ4n) is 2.31. The van der Waals surface area contributed by atoms with Crippen LogP contribution in [0.3, 0.4) is 0 Å². The molecule has 10 nitrogen and oxygen atoms in total. The molecule has 0 fully saturated rings. The molecule has 0 atom stereocenters. The van der Waals surface area contributed by atoms with E-state index in [1.807, 2.05) is 0 Å². The summed E-state index contributed by atoms with van der Waals surface area (Å²) in [5.74, 6) is 0.978. The lowest BCUT2D eigenvalue weighted by Crippen LogP contribution is -2.25. The molecule has 3 rings (SSSR count). The van der Waals surface area contributed by atoms with Crippen LogP contribution < -0.4 is 25.0 Å². The number of ether oxygens (including phenoxy) is 3. The van der Waals surface area contributed by atoms with Crippen LogP contribution in [0.2, 0.25) is 0 Å². The van der Waals surface area contributed by atoms with Crippen LogP contribution in [-0.2, 0) is 4.79 Å². The van der Waals surface area contributed by atoms with E-state index in [1.54, 1.807) is 31.4 Å². The number of carbonyl (C=O) groups is 1. The Kier molecular flexibility index (Phi) is 5.36. The van der Waals surface area contributed by atoms with Gasteiger partial charge in [-0.05, 0) is 30.3 Å². The number of benzene rings is 2. The molecule has 2 aromatic carbocycles. The third kappa shape index (κ3) is 4.42. The van der Waals surface area contributed by atoms with Gasteiger partial charge in [0.25, 0.3) is 11.6 Å². The molecule has 0 radical (unpaired) electrons. The second-order valence-corrected chi connectivity index (χ2v) is 5.40. The number of hydrogen-bond donors (Lipinski definition) is 2. The maximum atomic E-state index is 11.8. The van der Waals surface area contributed by atoms with Gasteiger partial charge in [-0.1, -0.05) is 0 Å². The summed E-state index contributed by atoms with van der Waals surface area (Å²) in [7, 11) is 1.57. The second kappa shape index (κ2) is 8.04. The molecule has 0 bridgehead atoms. The first-order chi connectivity index (χ1) is 13.1. The first-order valence-corrected chi connectivity index (χ1v) is 7.84. The van der Waals surface area contributed by atoms with Crippen LogP contribution >= 0.6 is 0 Å². The van der Waals surface area contributed by atoms with Crippen molar-refractivity contribution in [3.05, 3.63) is 52.1 Å². The molecule has 1 heterocycles. The Labute approximate surface area is 153 Å². The Morgan fingerprint density at radius 1 is 1.30 bits per heavy atom. The number of hydrogen-bond acceptors (Lipinski definition) is 8. The summed E-state index contributed by atoms with van der Waals surface area (Å²) >= 11 is 0. The molecule has 1 aliphatic heterocycles. The number of nitrogens with zero attached hydrogens (tertiary/aromatic N) is 2. The highest BCUT2D eigenvalue weighted by Gasteiger charge is 2.22.